The van der Waals surface area contributed by atoms with Crippen LogP contribution in [0.25, 0.3) is 6.08 Å². The summed E-state index contributed by atoms with van der Waals surface area (Å²) in [6.45, 7) is 0. The Labute approximate surface area is 127 Å². The summed E-state index contributed by atoms with van der Waals surface area (Å²) < 4.78 is 5.05. The first-order valence-corrected chi connectivity index (χ1v) is 6.46. The van der Waals surface area contributed by atoms with Crippen LogP contribution in [-0.4, -0.2) is 17.9 Å². The lowest BCUT2D eigenvalue weighted by Crippen LogP contribution is -2.07. The van der Waals surface area contributed by atoms with Gasteiger partial charge in [-0.05, 0) is 29.8 Å². The molecule has 2 aromatic rings. The number of methoxy groups -OCH3 is 1. The van der Waals surface area contributed by atoms with E-state index in [-0.39, 0.29) is 11.6 Å². The second-order valence-corrected chi connectivity index (χ2v) is 4.40. The minimum absolute atomic E-state index is 0.0723. The van der Waals surface area contributed by atoms with Crippen LogP contribution >= 0.6 is 0 Å². The summed E-state index contributed by atoms with van der Waals surface area (Å²) in [5, 5.41) is 13.2. The van der Waals surface area contributed by atoms with Gasteiger partial charge < -0.3 is 10.1 Å². The number of hydrogen-bond acceptors (Lipinski definition) is 4. The maximum Gasteiger partial charge on any atom is 0.271 e. The number of nitro benzene ring substituents is 1. The molecule has 0 aliphatic rings. The van der Waals surface area contributed by atoms with Crippen molar-refractivity contribution >= 4 is 23.4 Å². The van der Waals surface area contributed by atoms with Crippen molar-refractivity contribution in [1.82, 2.24) is 0 Å². The minimum atomic E-state index is -0.511. The van der Waals surface area contributed by atoms with Crippen molar-refractivity contribution in [1.29, 1.82) is 0 Å². The number of benzene rings is 2. The normalized spacial score (nSPS) is 10.4. The van der Waals surface area contributed by atoms with Gasteiger partial charge in [-0.2, -0.15) is 0 Å². The van der Waals surface area contributed by atoms with Gasteiger partial charge >= 0.3 is 0 Å². The smallest absolute Gasteiger partial charge is 0.271 e. The average Bonchev–Trinajstić information content (AvgIpc) is 2.53. The number of nitrogens with one attached hydrogen (secondary N) is 1. The average molecular weight is 298 g/mol. The molecule has 0 bridgehead atoms. The third kappa shape index (κ3) is 4.17. The summed E-state index contributed by atoms with van der Waals surface area (Å²) in [6.07, 6.45) is 3.01. The number of carbonyl (C=O) groups is 1. The number of hydrogen-bond donors (Lipinski definition) is 1. The molecule has 0 atom stereocenters. The van der Waals surface area contributed by atoms with Crippen molar-refractivity contribution in [3.8, 4) is 5.75 Å². The van der Waals surface area contributed by atoms with Crippen LogP contribution in [0.1, 0.15) is 5.56 Å². The van der Waals surface area contributed by atoms with E-state index in [1.54, 1.807) is 31.4 Å². The van der Waals surface area contributed by atoms with Gasteiger partial charge in [0.25, 0.3) is 5.69 Å². The molecule has 1 amide bonds. The van der Waals surface area contributed by atoms with Crippen LogP contribution in [0.3, 0.4) is 0 Å². The molecule has 0 saturated carbocycles. The second kappa shape index (κ2) is 7.03. The van der Waals surface area contributed by atoms with Gasteiger partial charge in [-0.15, -0.1) is 0 Å². The molecule has 22 heavy (non-hydrogen) atoms. The van der Waals surface area contributed by atoms with E-state index in [9.17, 15) is 14.9 Å². The number of anilines is 1. The molecule has 0 radical (unpaired) electrons. The van der Waals surface area contributed by atoms with Crippen molar-refractivity contribution in [2.75, 3.05) is 12.4 Å². The van der Waals surface area contributed by atoms with E-state index in [0.29, 0.717) is 5.69 Å². The first-order valence-electron chi connectivity index (χ1n) is 6.46. The van der Waals surface area contributed by atoms with Crippen molar-refractivity contribution in [3.05, 3.63) is 70.3 Å². The Bertz CT molecular complexity index is 708. The van der Waals surface area contributed by atoms with Gasteiger partial charge in [-0.1, -0.05) is 18.2 Å². The molecule has 2 aromatic carbocycles. The highest BCUT2D eigenvalue weighted by Gasteiger charge is 2.06. The third-order valence-electron chi connectivity index (χ3n) is 2.87. The van der Waals surface area contributed by atoms with E-state index in [1.165, 1.54) is 24.3 Å². The molecule has 2 rings (SSSR count). The predicted octanol–water partition coefficient (Wildman–Crippen LogP) is 3.26. The van der Waals surface area contributed by atoms with Crippen molar-refractivity contribution in [2.45, 2.75) is 0 Å². The predicted molar refractivity (Wildman–Crippen MR) is 83.8 cm³/mol. The second-order valence-electron chi connectivity index (χ2n) is 4.40. The summed E-state index contributed by atoms with van der Waals surface area (Å²) in [7, 11) is 1.58. The van der Waals surface area contributed by atoms with Crippen molar-refractivity contribution in [3.63, 3.8) is 0 Å². The molecular formula is C16H14N2O4. The maximum atomic E-state index is 11.8. The molecule has 0 spiro atoms. The summed E-state index contributed by atoms with van der Waals surface area (Å²) in [6, 6.07) is 13.0. The van der Waals surface area contributed by atoms with Crippen LogP contribution in [-0.2, 0) is 4.79 Å². The molecular weight excluding hydrogens is 284 g/mol. The van der Waals surface area contributed by atoms with Gasteiger partial charge in [0, 0.05) is 23.9 Å². The molecule has 0 fully saturated rings. The topological polar surface area (TPSA) is 81.5 Å². The van der Waals surface area contributed by atoms with E-state index in [0.717, 1.165) is 11.3 Å². The fourth-order valence-corrected chi connectivity index (χ4v) is 1.77. The first kappa shape index (κ1) is 15.2. The SMILES string of the molecule is COc1ccc(/C=C/C(=O)Nc2cccc([N+](=O)[O-])c2)cc1. The highest BCUT2D eigenvalue weighted by Crippen LogP contribution is 2.17. The van der Waals surface area contributed by atoms with Gasteiger partial charge in [-0.3, -0.25) is 14.9 Å². The fraction of sp³-hybridized carbons (Fsp3) is 0.0625. The van der Waals surface area contributed by atoms with Crippen LogP contribution in [0.2, 0.25) is 0 Å². The van der Waals surface area contributed by atoms with E-state index in [2.05, 4.69) is 5.32 Å². The van der Waals surface area contributed by atoms with Crippen LogP contribution in [0.4, 0.5) is 11.4 Å². The molecule has 1 N–H and O–H groups in total. The summed E-state index contributed by atoms with van der Waals surface area (Å²) in [4.78, 5) is 22.0. The Morgan fingerprint density at radius 1 is 1.23 bits per heavy atom. The van der Waals surface area contributed by atoms with Crippen molar-refractivity contribution in [2.24, 2.45) is 0 Å². The lowest BCUT2D eigenvalue weighted by molar-refractivity contribution is -0.384. The van der Waals surface area contributed by atoms with Crippen molar-refractivity contribution < 1.29 is 14.5 Å². The lowest BCUT2D eigenvalue weighted by Gasteiger charge is -2.02. The van der Waals surface area contributed by atoms with E-state index in [1.807, 2.05) is 12.1 Å². The Kier molecular flexibility index (Phi) is 4.87. The molecule has 6 nitrogen and oxygen atoms in total. The van der Waals surface area contributed by atoms with E-state index in [4.69, 9.17) is 4.74 Å². The quantitative estimate of drug-likeness (QED) is 0.522. The molecule has 0 heterocycles. The third-order valence-corrected chi connectivity index (χ3v) is 2.87. The highest BCUT2D eigenvalue weighted by molar-refractivity contribution is 6.02. The Morgan fingerprint density at radius 3 is 2.59 bits per heavy atom. The van der Waals surface area contributed by atoms with Gasteiger partial charge in [0.2, 0.25) is 5.91 Å². The molecule has 0 unspecified atom stereocenters. The number of carbonyl (C=O) groups excluding carboxylic acids is 1. The molecule has 0 saturated heterocycles. The van der Waals surface area contributed by atoms with Crippen LogP contribution in [0, 0.1) is 10.1 Å². The Hall–Kier alpha value is -3.15. The number of non-ortho nitro benzene ring substituents is 1. The zero-order valence-corrected chi connectivity index (χ0v) is 11.9. The zero-order valence-electron chi connectivity index (χ0n) is 11.9. The standard InChI is InChI=1S/C16H14N2O4/c1-22-15-8-5-12(6-9-15)7-10-16(19)17-13-3-2-4-14(11-13)18(20)21/h2-11H,1H3,(H,17,19)/b10-7+. The maximum absolute atomic E-state index is 11.8. The Morgan fingerprint density at radius 2 is 1.95 bits per heavy atom. The van der Waals surface area contributed by atoms with Gasteiger partial charge in [-0.25, -0.2) is 0 Å². The molecule has 0 aliphatic heterocycles. The monoisotopic (exact) mass is 298 g/mol. The number of amides is 1. The first-order chi connectivity index (χ1) is 10.6. The summed E-state index contributed by atoms with van der Waals surface area (Å²) in [5.41, 5.74) is 1.14. The summed E-state index contributed by atoms with van der Waals surface area (Å²) in [5.74, 6) is 0.370. The number of rotatable bonds is 5. The zero-order chi connectivity index (χ0) is 15.9. The Balaban J connectivity index is 2.01. The fourth-order valence-electron chi connectivity index (χ4n) is 1.77. The number of nitro groups is 1. The highest BCUT2D eigenvalue weighted by atomic mass is 16.6. The molecule has 0 aromatic heterocycles. The molecule has 0 aliphatic carbocycles. The van der Waals surface area contributed by atoms with Gasteiger partial charge in [0.05, 0.1) is 12.0 Å². The largest absolute Gasteiger partial charge is 0.497 e. The van der Waals surface area contributed by atoms with Crippen LogP contribution in [0.5, 0.6) is 5.75 Å². The molecule has 112 valence electrons. The van der Waals surface area contributed by atoms with Crippen LogP contribution in [0.15, 0.2) is 54.6 Å². The number of nitrogens with zero attached hydrogens (tertiary/aromatic N) is 1. The lowest BCUT2D eigenvalue weighted by atomic mass is 10.2. The molecule has 6 heteroatoms. The van der Waals surface area contributed by atoms with Gasteiger partial charge in [0.15, 0.2) is 0 Å². The number of ether oxygens (including phenoxy) is 1. The van der Waals surface area contributed by atoms with Gasteiger partial charge in [0.1, 0.15) is 5.75 Å². The summed E-state index contributed by atoms with van der Waals surface area (Å²) >= 11 is 0. The van der Waals surface area contributed by atoms with E-state index >= 15 is 0 Å². The van der Waals surface area contributed by atoms with Crippen LogP contribution < -0.4 is 10.1 Å². The van der Waals surface area contributed by atoms with E-state index < -0.39 is 4.92 Å². The minimum Gasteiger partial charge on any atom is -0.497 e.